The van der Waals surface area contributed by atoms with Crippen molar-refractivity contribution in [3.63, 3.8) is 0 Å². The van der Waals surface area contributed by atoms with Gasteiger partial charge in [0.1, 0.15) is 0 Å². The lowest BCUT2D eigenvalue weighted by molar-refractivity contribution is -0.385. The SMILES string of the molecule is COC(=O)Nc1ccc([N+](=O)[O-])cc1F. The summed E-state index contributed by atoms with van der Waals surface area (Å²) < 4.78 is 17.4. The van der Waals surface area contributed by atoms with Crippen LogP contribution in [0.25, 0.3) is 0 Å². The molecule has 0 bridgehead atoms. The highest BCUT2D eigenvalue weighted by atomic mass is 19.1. The molecule has 1 N–H and O–H groups in total. The second kappa shape index (κ2) is 4.36. The number of carbonyl (C=O) groups is 1. The molecule has 0 aliphatic heterocycles. The summed E-state index contributed by atoms with van der Waals surface area (Å²) in [5, 5.41) is 12.3. The van der Waals surface area contributed by atoms with Gasteiger partial charge in [-0.25, -0.2) is 9.18 Å². The van der Waals surface area contributed by atoms with E-state index in [1.54, 1.807) is 0 Å². The van der Waals surface area contributed by atoms with Gasteiger partial charge in [-0.15, -0.1) is 0 Å². The van der Waals surface area contributed by atoms with Gasteiger partial charge in [0.25, 0.3) is 5.69 Å². The summed E-state index contributed by atoms with van der Waals surface area (Å²) in [6.45, 7) is 0. The van der Waals surface area contributed by atoms with E-state index in [0.717, 1.165) is 19.2 Å². The highest BCUT2D eigenvalue weighted by Gasteiger charge is 2.12. The minimum Gasteiger partial charge on any atom is -0.453 e. The first kappa shape index (κ1) is 10.9. The van der Waals surface area contributed by atoms with Gasteiger partial charge in [0.15, 0.2) is 5.82 Å². The highest BCUT2D eigenvalue weighted by Crippen LogP contribution is 2.20. The predicted molar refractivity (Wildman–Crippen MR) is 49.1 cm³/mol. The van der Waals surface area contributed by atoms with E-state index in [2.05, 4.69) is 10.1 Å². The quantitative estimate of drug-likeness (QED) is 0.602. The van der Waals surface area contributed by atoms with E-state index in [9.17, 15) is 19.3 Å². The number of non-ortho nitro benzene ring substituents is 1. The fourth-order valence-corrected chi connectivity index (χ4v) is 0.880. The standard InChI is InChI=1S/C8H7FN2O4/c1-15-8(12)10-7-3-2-5(11(13)14)4-6(7)9/h2-4H,1H3,(H,10,12). The van der Waals surface area contributed by atoms with Crippen molar-refractivity contribution in [1.82, 2.24) is 0 Å². The zero-order valence-electron chi connectivity index (χ0n) is 7.69. The molecule has 0 aliphatic carbocycles. The number of amides is 1. The van der Waals surface area contributed by atoms with Crippen molar-refractivity contribution in [3.8, 4) is 0 Å². The summed E-state index contributed by atoms with van der Waals surface area (Å²) in [6, 6.07) is 2.88. The van der Waals surface area contributed by atoms with Crippen molar-refractivity contribution in [2.24, 2.45) is 0 Å². The number of nitro groups is 1. The first-order valence-corrected chi connectivity index (χ1v) is 3.83. The third-order valence-corrected chi connectivity index (χ3v) is 1.59. The number of carbonyl (C=O) groups excluding carboxylic acids is 1. The van der Waals surface area contributed by atoms with Crippen LogP contribution >= 0.6 is 0 Å². The minimum absolute atomic E-state index is 0.174. The van der Waals surface area contributed by atoms with Gasteiger partial charge >= 0.3 is 6.09 Å². The molecule has 0 saturated carbocycles. The zero-order chi connectivity index (χ0) is 11.4. The van der Waals surface area contributed by atoms with Crippen LogP contribution in [0.3, 0.4) is 0 Å². The van der Waals surface area contributed by atoms with Crippen molar-refractivity contribution in [3.05, 3.63) is 34.1 Å². The summed E-state index contributed by atoms with van der Waals surface area (Å²) in [4.78, 5) is 20.3. The highest BCUT2D eigenvalue weighted by molar-refractivity contribution is 5.84. The van der Waals surface area contributed by atoms with E-state index in [1.807, 2.05) is 0 Å². The normalized spacial score (nSPS) is 9.47. The Kier molecular flexibility index (Phi) is 3.17. The minimum atomic E-state index is -0.894. The second-order valence-corrected chi connectivity index (χ2v) is 2.54. The molecule has 0 aromatic heterocycles. The number of methoxy groups -OCH3 is 1. The molecule has 15 heavy (non-hydrogen) atoms. The van der Waals surface area contributed by atoms with Gasteiger partial charge in [-0.3, -0.25) is 15.4 Å². The summed E-state index contributed by atoms with van der Waals surface area (Å²) >= 11 is 0. The van der Waals surface area contributed by atoms with E-state index >= 15 is 0 Å². The summed E-state index contributed by atoms with van der Waals surface area (Å²) in [5.41, 5.74) is -0.560. The van der Waals surface area contributed by atoms with Crippen molar-refractivity contribution in [2.45, 2.75) is 0 Å². The maximum absolute atomic E-state index is 13.1. The lowest BCUT2D eigenvalue weighted by atomic mass is 10.2. The zero-order valence-corrected chi connectivity index (χ0v) is 7.69. The number of nitrogens with one attached hydrogen (secondary N) is 1. The van der Waals surface area contributed by atoms with Crippen molar-refractivity contribution < 1.29 is 18.8 Å². The monoisotopic (exact) mass is 214 g/mol. The molecular formula is C8H7FN2O4. The molecule has 0 radical (unpaired) electrons. The van der Waals surface area contributed by atoms with Crippen LogP contribution in [0.1, 0.15) is 0 Å². The number of ether oxygens (including phenoxy) is 1. The van der Waals surface area contributed by atoms with Gasteiger partial charge < -0.3 is 4.74 Å². The summed E-state index contributed by atoms with van der Waals surface area (Å²) in [6.07, 6.45) is -0.845. The lowest BCUT2D eigenvalue weighted by Crippen LogP contribution is -2.12. The molecule has 1 aromatic carbocycles. The Morgan fingerprint density at radius 2 is 2.27 bits per heavy atom. The largest absolute Gasteiger partial charge is 0.453 e. The Morgan fingerprint density at radius 3 is 2.73 bits per heavy atom. The third-order valence-electron chi connectivity index (χ3n) is 1.59. The number of benzene rings is 1. The molecule has 0 aliphatic rings. The maximum atomic E-state index is 13.1. The molecule has 80 valence electrons. The number of nitrogens with zero attached hydrogens (tertiary/aromatic N) is 1. The fraction of sp³-hybridized carbons (Fsp3) is 0.125. The van der Waals surface area contributed by atoms with Crippen LogP contribution < -0.4 is 5.32 Å². The molecule has 1 amide bonds. The van der Waals surface area contributed by atoms with Gasteiger partial charge in [0, 0.05) is 6.07 Å². The van der Waals surface area contributed by atoms with Gasteiger partial charge in [-0.05, 0) is 6.07 Å². The van der Waals surface area contributed by atoms with Crippen LogP contribution in [-0.4, -0.2) is 18.1 Å². The molecular weight excluding hydrogens is 207 g/mol. The van der Waals surface area contributed by atoms with Crippen LogP contribution in [0.2, 0.25) is 0 Å². The van der Waals surface area contributed by atoms with Gasteiger partial charge in [0.2, 0.25) is 0 Å². The Morgan fingerprint density at radius 1 is 1.60 bits per heavy atom. The second-order valence-electron chi connectivity index (χ2n) is 2.54. The number of hydrogen-bond donors (Lipinski definition) is 1. The predicted octanol–water partition coefficient (Wildman–Crippen LogP) is 1.91. The van der Waals surface area contributed by atoms with E-state index in [1.165, 1.54) is 0 Å². The average molecular weight is 214 g/mol. The number of nitro benzene ring substituents is 1. The van der Waals surface area contributed by atoms with Gasteiger partial charge in [-0.1, -0.05) is 0 Å². The van der Waals surface area contributed by atoms with E-state index in [4.69, 9.17) is 0 Å². The Balaban J connectivity index is 2.93. The molecule has 6 nitrogen and oxygen atoms in total. The van der Waals surface area contributed by atoms with Crippen molar-refractivity contribution in [1.29, 1.82) is 0 Å². The molecule has 0 heterocycles. The Bertz CT molecular complexity index is 408. The summed E-state index contributed by atoms with van der Waals surface area (Å²) in [5.74, 6) is -0.894. The molecule has 1 rings (SSSR count). The van der Waals surface area contributed by atoms with Crippen molar-refractivity contribution in [2.75, 3.05) is 12.4 Å². The first-order valence-electron chi connectivity index (χ1n) is 3.83. The van der Waals surface area contributed by atoms with E-state index in [-0.39, 0.29) is 11.4 Å². The first-order chi connectivity index (χ1) is 7.04. The number of anilines is 1. The average Bonchev–Trinajstić information content (AvgIpc) is 2.20. The topological polar surface area (TPSA) is 81.5 Å². The van der Waals surface area contributed by atoms with Crippen LogP contribution in [-0.2, 0) is 4.74 Å². The van der Waals surface area contributed by atoms with Crippen LogP contribution in [0, 0.1) is 15.9 Å². The maximum Gasteiger partial charge on any atom is 0.411 e. The number of hydrogen-bond acceptors (Lipinski definition) is 4. The van der Waals surface area contributed by atoms with Gasteiger partial charge in [-0.2, -0.15) is 0 Å². The van der Waals surface area contributed by atoms with E-state index < -0.39 is 16.8 Å². The molecule has 7 heteroatoms. The number of rotatable bonds is 2. The molecule has 0 saturated heterocycles. The lowest BCUT2D eigenvalue weighted by Gasteiger charge is -2.03. The Labute approximate surface area is 83.8 Å². The summed E-state index contributed by atoms with van der Waals surface area (Å²) in [7, 11) is 1.12. The number of halogens is 1. The Hall–Kier alpha value is -2.18. The molecule has 0 atom stereocenters. The van der Waals surface area contributed by atoms with Crippen LogP contribution in [0.4, 0.5) is 20.6 Å². The third kappa shape index (κ3) is 2.63. The van der Waals surface area contributed by atoms with Crippen LogP contribution in [0.5, 0.6) is 0 Å². The van der Waals surface area contributed by atoms with Crippen molar-refractivity contribution >= 4 is 17.5 Å². The van der Waals surface area contributed by atoms with Gasteiger partial charge in [0.05, 0.1) is 23.8 Å². The molecule has 0 unspecified atom stereocenters. The smallest absolute Gasteiger partial charge is 0.411 e. The fourth-order valence-electron chi connectivity index (χ4n) is 0.880. The van der Waals surface area contributed by atoms with E-state index in [0.29, 0.717) is 6.07 Å². The molecule has 0 fully saturated rings. The molecule has 0 spiro atoms. The van der Waals surface area contributed by atoms with Crippen LogP contribution in [0.15, 0.2) is 18.2 Å². The molecule has 1 aromatic rings.